The van der Waals surface area contributed by atoms with E-state index < -0.39 is 0 Å². The van der Waals surface area contributed by atoms with Crippen molar-refractivity contribution in [1.82, 2.24) is 30.0 Å². The second-order valence-electron chi connectivity index (χ2n) is 8.63. The predicted octanol–water partition coefficient (Wildman–Crippen LogP) is 7.36. The summed E-state index contributed by atoms with van der Waals surface area (Å²) in [6.07, 6.45) is 0. The van der Waals surface area contributed by atoms with Crippen LogP contribution in [0.1, 0.15) is 0 Å². The molecule has 0 spiro atoms. The maximum atomic E-state index is 4.72. The summed E-state index contributed by atoms with van der Waals surface area (Å²) >= 11 is 14.9. The fourth-order valence-electron chi connectivity index (χ4n) is 4.90. The molecule has 2 aromatic heterocycles. The van der Waals surface area contributed by atoms with E-state index in [2.05, 4.69) is 98.4 Å². The average Bonchev–Trinajstić information content (AvgIpc) is 3.52. The van der Waals surface area contributed by atoms with Crippen LogP contribution in [-0.2, 0) is 0 Å². The van der Waals surface area contributed by atoms with Gasteiger partial charge in [-0.2, -0.15) is 0 Å². The molecule has 1 aliphatic rings. The van der Waals surface area contributed by atoms with Crippen LogP contribution in [-0.4, -0.2) is 30.0 Å². The number of para-hydroxylation sites is 2. The second kappa shape index (κ2) is 9.37. The Balaban J connectivity index is 1.89. The minimum absolute atomic E-state index is 0.776. The quantitative estimate of drug-likeness (QED) is 0.185. The van der Waals surface area contributed by atoms with E-state index in [0.29, 0.717) is 0 Å². The highest BCUT2D eigenvalue weighted by Gasteiger charge is 2.16. The third kappa shape index (κ3) is 3.61. The maximum Gasteiger partial charge on any atom is 0.122 e. The summed E-state index contributed by atoms with van der Waals surface area (Å²) in [6, 6.07) is 28.4. The van der Waals surface area contributed by atoms with Gasteiger partial charge in [0.1, 0.15) is 21.4 Å². The molecule has 6 nitrogen and oxygen atoms in total. The van der Waals surface area contributed by atoms with Gasteiger partial charge in [0.25, 0.3) is 0 Å². The lowest BCUT2D eigenvalue weighted by Gasteiger charge is -2.08. The first kappa shape index (κ1) is 24.1. The molecule has 4 aromatic carbocycles. The molecule has 0 saturated carbocycles. The Morgan fingerprint density at radius 1 is 0.421 bits per heavy atom. The molecule has 2 heterocycles. The maximum absolute atomic E-state index is 4.72. The summed E-state index contributed by atoms with van der Waals surface area (Å²) in [5.74, 6) is 0. The lowest BCUT2D eigenvalue weighted by Crippen LogP contribution is -2.03. The van der Waals surface area contributed by atoms with Crippen molar-refractivity contribution in [3.05, 3.63) is 145 Å². The van der Waals surface area contributed by atoms with Gasteiger partial charge in [-0.05, 0) is 88.0 Å². The van der Waals surface area contributed by atoms with E-state index in [1.807, 2.05) is 70.0 Å². The second-order valence-corrected chi connectivity index (χ2v) is 12.0. The smallest absolute Gasteiger partial charge is 0.122 e. The van der Waals surface area contributed by atoms with Gasteiger partial charge in [-0.15, -0.1) is 10.2 Å². The molecule has 0 aliphatic heterocycles. The molecule has 0 saturated heterocycles. The normalized spacial score (nSPS) is 11.7. The van der Waals surface area contributed by atoms with Gasteiger partial charge in [0.15, 0.2) is 0 Å². The van der Waals surface area contributed by atoms with Crippen molar-refractivity contribution >= 4 is 63.7 Å². The molecule has 10 heteroatoms. The summed E-state index contributed by atoms with van der Waals surface area (Å²) in [7, 11) is 0. The van der Waals surface area contributed by atoms with E-state index in [9.17, 15) is 0 Å². The van der Waals surface area contributed by atoms with Crippen LogP contribution in [0, 0.1) is 42.3 Å². The third-order valence-corrected chi connectivity index (χ3v) is 9.07. The Morgan fingerprint density at radius 2 is 0.763 bits per heavy atom. The van der Waals surface area contributed by atoms with Gasteiger partial charge in [0, 0.05) is 38.8 Å². The largest absolute Gasteiger partial charge is 0.210 e. The first-order chi connectivity index (χ1) is 18.5. The Labute approximate surface area is 248 Å². The van der Waals surface area contributed by atoms with E-state index in [0.717, 1.165) is 71.5 Å². The zero-order valence-corrected chi connectivity index (χ0v) is 25.6. The van der Waals surface area contributed by atoms with Crippen LogP contribution in [0.5, 0.6) is 0 Å². The van der Waals surface area contributed by atoms with Gasteiger partial charge < -0.3 is 0 Å². The third-order valence-electron chi connectivity index (χ3n) is 6.51. The zero-order valence-electron chi connectivity index (χ0n) is 19.3. The molecule has 0 radical (unpaired) electrons. The summed E-state index contributed by atoms with van der Waals surface area (Å²) in [5.41, 5.74) is 1.74. The fourth-order valence-corrected chi connectivity index (χ4v) is 7.57. The van der Waals surface area contributed by atoms with Gasteiger partial charge >= 0.3 is 0 Å². The van der Waals surface area contributed by atoms with Gasteiger partial charge in [-0.3, -0.25) is 0 Å². The van der Waals surface area contributed by atoms with Gasteiger partial charge in [-0.25, -0.2) is 9.36 Å². The van der Waals surface area contributed by atoms with Crippen molar-refractivity contribution in [1.29, 1.82) is 0 Å². The lowest BCUT2D eigenvalue weighted by molar-refractivity contribution is 0.776. The number of aromatic nitrogens is 6. The number of halogens is 4. The summed E-state index contributed by atoms with van der Waals surface area (Å²) in [4.78, 5) is 0. The zero-order chi connectivity index (χ0) is 26.0. The van der Waals surface area contributed by atoms with E-state index >= 15 is 0 Å². The molecular formula is C28H14Br4N6. The van der Waals surface area contributed by atoms with Crippen molar-refractivity contribution in [2.24, 2.45) is 0 Å². The van der Waals surface area contributed by atoms with Crippen LogP contribution < -0.4 is 0 Å². The first-order valence-electron chi connectivity index (χ1n) is 11.5. The summed E-state index contributed by atoms with van der Waals surface area (Å²) in [5, 5.41) is 25.9. The Morgan fingerprint density at radius 3 is 1.13 bits per heavy atom. The molecule has 0 unspecified atom stereocenters. The molecule has 1 aliphatic carbocycles. The highest BCUT2D eigenvalue weighted by Crippen LogP contribution is 2.30. The van der Waals surface area contributed by atoms with Crippen LogP contribution in [0.3, 0.4) is 0 Å². The molecular weight excluding hydrogens is 740 g/mol. The first-order valence-corrected chi connectivity index (χ1v) is 14.7. The molecule has 184 valence electrons. The van der Waals surface area contributed by atoms with Crippen LogP contribution in [0.25, 0.3) is 11.4 Å². The average molecular weight is 754 g/mol. The monoisotopic (exact) mass is 750 g/mol. The molecule has 0 bridgehead atoms. The van der Waals surface area contributed by atoms with Gasteiger partial charge in [-0.1, -0.05) is 71.1 Å². The molecule has 7 rings (SSSR count). The molecule has 0 fully saturated rings. The van der Waals surface area contributed by atoms with Crippen molar-refractivity contribution in [3.8, 4) is 11.4 Å². The topological polar surface area (TPSA) is 61.4 Å². The Hall–Kier alpha value is -2.92. The van der Waals surface area contributed by atoms with Crippen LogP contribution in [0.2, 0.25) is 0 Å². The van der Waals surface area contributed by atoms with E-state index in [1.54, 1.807) is 0 Å². The number of fused-ring (bicyclic) bond motifs is 4. The standard InChI is InChI=1S/C28H14Br4N6/c29-19-11-5-12-20(30)27(19)37-25-17-9-3-4-10-18(17)26-24(16-8-2-1-7-15(16)23(25)33-35-37)34-36-38(26)28-21(31)13-6-14-22(28)32/h1-14H. The van der Waals surface area contributed by atoms with Crippen LogP contribution in [0.15, 0.2) is 103 Å². The van der Waals surface area contributed by atoms with Crippen molar-refractivity contribution in [3.63, 3.8) is 0 Å². The molecule has 0 amide bonds. The van der Waals surface area contributed by atoms with Crippen LogP contribution in [0.4, 0.5) is 0 Å². The van der Waals surface area contributed by atoms with Crippen molar-refractivity contribution in [2.75, 3.05) is 0 Å². The highest BCUT2D eigenvalue weighted by molar-refractivity contribution is 9.11. The predicted molar refractivity (Wildman–Crippen MR) is 157 cm³/mol. The minimum atomic E-state index is 0.776. The Bertz CT molecular complexity index is 2110. The summed E-state index contributed by atoms with van der Waals surface area (Å²) in [6.45, 7) is 0. The summed E-state index contributed by atoms with van der Waals surface area (Å²) < 4.78 is 7.39. The lowest BCUT2D eigenvalue weighted by atomic mass is 10.1. The fraction of sp³-hybridized carbons (Fsp3) is 0. The number of rotatable bonds is 2. The van der Waals surface area contributed by atoms with E-state index in [4.69, 9.17) is 10.2 Å². The molecule has 38 heavy (non-hydrogen) atoms. The number of hydrogen-bond acceptors (Lipinski definition) is 4. The van der Waals surface area contributed by atoms with Gasteiger partial charge in [0.2, 0.25) is 0 Å². The molecule has 6 aromatic rings. The molecule has 0 N–H and O–H groups in total. The Kier molecular flexibility index (Phi) is 5.95. The minimum Gasteiger partial charge on any atom is -0.210 e. The van der Waals surface area contributed by atoms with Crippen molar-refractivity contribution < 1.29 is 0 Å². The van der Waals surface area contributed by atoms with E-state index in [-0.39, 0.29) is 0 Å². The van der Waals surface area contributed by atoms with Crippen molar-refractivity contribution in [2.45, 2.75) is 0 Å². The highest BCUT2D eigenvalue weighted by atomic mass is 79.9. The van der Waals surface area contributed by atoms with E-state index in [1.165, 1.54) is 0 Å². The number of nitrogens with zero attached hydrogens (tertiary/aromatic N) is 6. The van der Waals surface area contributed by atoms with Crippen LogP contribution >= 0.6 is 63.7 Å². The SMILES string of the molecule is Brc1cccc(Br)c1-n1nnc2c1=c1ccccc1=c1c(nnn1-c1c(Br)cccc1Br)=c1ccccc1=2. The number of hydrogen-bond donors (Lipinski definition) is 0. The molecule has 0 atom stereocenters. The van der Waals surface area contributed by atoms with Gasteiger partial charge in [0.05, 0.1) is 11.4 Å². The number of benzene rings is 4.